The van der Waals surface area contributed by atoms with Gasteiger partial charge in [-0.05, 0) is 56.8 Å². The molecule has 0 radical (unpaired) electrons. The Labute approximate surface area is 151 Å². The number of nitrogens with one attached hydrogen (secondary N) is 2. The number of nitrogens with zero attached hydrogens (tertiary/aromatic N) is 3. The molecule has 3 rings (SSSR count). The highest BCUT2D eigenvalue weighted by molar-refractivity contribution is 5.95. The summed E-state index contributed by atoms with van der Waals surface area (Å²) >= 11 is 0. The fraction of sp³-hybridized carbons (Fsp3) is 0.556. The van der Waals surface area contributed by atoms with Crippen molar-refractivity contribution in [1.29, 1.82) is 0 Å². The first-order valence-electron chi connectivity index (χ1n) is 8.96. The Morgan fingerprint density at radius 2 is 2.12 bits per heavy atom. The van der Waals surface area contributed by atoms with Crippen molar-refractivity contribution in [3.8, 4) is 0 Å². The van der Waals surface area contributed by atoms with Crippen molar-refractivity contribution in [3.63, 3.8) is 0 Å². The molecule has 1 fully saturated rings. The van der Waals surface area contributed by atoms with Crippen LogP contribution in [0.5, 0.6) is 0 Å². The number of carbonyl (C=O) groups is 1. The summed E-state index contributed by atoms with van der Waals surface area (Å²) in [5, 5.41) is 6.62. The molecule has 1 aliphatic heterocycles. The SMILES string of the molecule is Cc1cc(C(=O)NCCC2CCCNC2)nc2c1c(=O)n(C)c(=O)n2C. The van der Waals surface area contributed by atoms with E-state index in [1.165, 1.54) is 24.5 Å². The summed E-state index contributed by atoms with van der Waals surface area (Å²) in [6.45, 7) is 4.40. The molecule has 1 saturated heterocycles. The number of pyridine rings is 1. The maximum absolute atomic E-state index is 12.5. The third-order valence-electron chi connectivity index (χ3n) is 5.08. The lowest BCUT2D eigenvalue weighted by molar-refractivity contribution is 0.0946. The Morgan fingerprint density at radius 1 is 1.35 bits per heavy atom. The summed E-state index contributed by atoms with van der Waals surface area (Å²) in [6.07, 6.45) is 3.28. The fourth-order valence-electron chi connectivity index (χ4n) is 3.50. The monoisotopic (exact) mass is 359 g/mol. The molecule has 140 valence electrons. The van der Waals surface area contributed by atoms with E-state index >= 15 is 0 Å². The molecule has 0 saturated carbocycles. The van der Waals surface area contributed by atoms with Gasteiger partial charge in [0.05, 0.1) is 5.39 Å². The largest absolute Gasteiger partial charge is 0.351 e. The van der Waals surface area contributed by atoms with E-state index in [1.807, 2.05) is 0 Å². The van der Waals surface area contributed by atoms with E-state index in [4.69, 9.17) is 0 Å². The normalized spacial score (nSPS) is 17.4. The van der Waals surface area contributed by atoms with Crippen LogP contribution in [0.2, 0.25) is 0 Å². The number of carbonyl (C=O) groups excluding carboxylic acids is 1. The lowest BCUT2D eigenvalue weighted by Gasteiger charge is -2.22. The van der Waals surface area contributed by atoms with Crippen LogP contribution in [0.1, 0.15) is 35.3 Å². The zero-order chi connectivity index (χ0) is 18.8. The summed E-state index contributed by atoms with van der Waals surface area (Å²) in [6, 6.07) is 1.60. The zero-order valence-corrected chi connectivity index (χ0v) is 15.5. The molecule has 2 aromatic heterocycles. The number of amides is 1. The third kappa shape index (κ3) is 3.41. The molecule has 3 heterocycles. The molecule has 1 atom stereocenters. The van der Waals surface area contributed by atoms with Crippen molar-refractivity contribution >= 4 is 16.9 Å². The highest BCUT2D eigenvalue weighted by atomic mass is 16.2. The first kappa shape index (κ1) is 18.3. The Morgan fingerprint density at radius 3 is 2.81 bits per heavy atom. The van der Waals surface area contributed by atoms with Crippen molar-refractivity contribution < 1.29 is 4.79 Å². The second-order valence-electron chi connectivity index (χ2n) is 6.99. The fourth-order valence-corrected chi connectivity index (χ4v) is 3.50. The Balaban J connectivity index is 1.83. The lowest BCUT2D eigenvalue weighted by Crippen LogP contribution is -2.38. The molecule has 2 N–H and O–H groups in total. The molecule has 0 bridgehead atoms. The van der Waals surface area contributed by atoms with Crippen LogP contribution >= 0.6 is 0 Å². The molecule has 0 aliphatic carbocycles. The maximum atomic E-state index is 12.5. The smallest absolute Gasteiger partial charge is 0.332 e. The van der Waals surface area contributed by atoms with Gasteiger partial charge in [-0.2, -0.15) is 0 Å². The molecule has 26 heavy (non-hydrogen) atoms. The van der Waals surface area contributed by atoms with E-state index in [-0.39, 0.29) is 17.2 Å². The standard InChI is InChI=1S/C18H25N5O3/c1-11-9-13(16(24)20-8-6-12-5-4-7-19-10-12)21-15-14(11)17(25)23(3)18(26)22(15)2/h9,12,19H,4-8,10H2,1-3H3,(H,20,24). The quantitative estimate of drug-likeness (QED) is 0.804. The molecular weight excluding hydrogens is 334 g/mol. The highest BCUT2D eigenvalue weighted by Gasteiger charge is 2.17. The van der Waals surface area contributed by atoms with Crippen molar-refractivity contribution in [2.75, 3.05) is 19.6 Å². The molecule has 1 aliphatic rings. The first-order chi connectivity index (χ1) is 12.4. The number of fused-ring (bicyclic) bond motifs is 1. The van der Waals surface area contributed by atoms with Crippen molar-refractivity contribution in [3.05, 3.63) is 38.2 Å². The topological polar surface area (TPSA) is 98.0 Å². The number of hydrogen-bond acceptors (Lipinski definition) is 5. The van der Waals surface area contributed by atoms with E-state index in [9.17, 15) is 14.4 Å². The zero-order valence-electron chi connectivity index (χ0n) is 15.5. The molecule has 0 spiro atoms. The first-order valence-corrected chi connectivity index (χ1v) is 8.96. The van der Waals surface area contributed by atoms with Gasteiger partial charge in [-0.1, -0.05) is 0 Å². The van der Waals surface area contributed by atoms with E-state index < -0.39 is 11.2 Å². The van der Waals surface area contributed by atoms with Crippen LogP contribution in [0.4, 0.5) is 0 Å². The number of piperidine rings is 1. The summed E-state index contributed by atoms with van der Waals surface area (Å²) in [5.41, 5.74) is 0.231. The van der Waals surface area contributed by atoms with Crippen LogP contribution in [0, 0.1) is 12.8 Å². The van der Waals surface area contributed by atoms with E-state index in [0.717, 1.165) is 24.1 Å². The summed E-state index contributed by atoms with van der Waals surface area (Å²) < 4.78 is 2.35. The van der Waals surface area contributed by atoms with Gasteiger partial charge < -0.3 is 10.6 Å². The lowest BCUT2D eigenvalue weighted by atomic mass is 9.96. The second kappa shape index (κ2) is 7.41. The molecule has 1 unspecified atom stereocenters. The van der Waals surface area contributed by atoms with Crippen molar-refractivity contribution in [2.24, 2.45) is 20.0 Å². The predicted molar refractivity (Wildman–Crippen MR) is 99.5 cm³/mol. The Kier molecular flexibility index (Phi) is 5.22. The van der Waals surface area contributed by atoms with Gasteiger partial charge in [0.25, 0.3) is 11.5 Å². The molecule has 8 nitrogen and oxygen atoms in total. The average molecular weight is 359 g/mol. The Hall–Kier alpha value is -2.48. The van der Waals surface area contributed by atoms with Crippen molar-refractivity contribution in [2.45, 2.75) is 26.2 Å². The molecule has 0 aromatic carbocycles. The number of aromatic nitrogens is 3. The van der Waals surface area contributed by atoms with Gasteiger partial charge in [-0.15, -0.1) is 0 Å². The summed E-state index contributed by atoms with van der Waals surface area (Å²) in [5.74, 6) is 0.297. The van der Waals surface area contributed by atoms with Crippen LogP contribution < -0.4 is 21.9 Å². The van der Waals surface area contributed by atoms with Gasteiger partial charge in [0.15, 0.2) is 0 Å². The molecule has 8 heteroatoms. The minimum atomic E-state index is -0.461. The van der Waals surface area contributed by atoms with Crippen molar-refractivity contribution in [1.82, 2.24) is 24.8 Å². The number of aryl methyl sites for hydroxylation is 2. The maximum Gasteiger partial charge on any atom is 0.332 e. The number of rotatable bonds is 4. The predicted octanol–water partition coefficient (Wildman–Crippen LogP) is 0.0601. The van der Waals surface area contributed by atoms with Crippen LogP contribution in [-0.2, 0) is 14.1 Å². The second-order valence-corrected chi connectivity index (χ2v) is 6.99. The third-order valence-corrected chi connectivity index (χ3v) is 5.08. The minimum Gasteiger partial charge on any atom is -0.351 e. The van der Waals surface area contributed by atoms with Gasteiger partial charge in [0, 0.05) is 20.6 Å². The van der Waals surface area contributed by atoms with Gasteiger partial charge in [-0.3, -0.25) is 18.7 Å². The van der Waals surface area contributed by atoms with Gasteiger partial charge >= 0.3 is 5.69 Å². The van der Waals surface area contributed by atoms with Crippen LogP contribution in [-0.4, -0.2) is 39.7 Å². The number of hydrogen-bond donors (Lipinski definition) is 2. The Bertz CT molecular complexity index is 954. The van der Waals surface area contributed by atoms with E-state index in [0.29, 0.717) is 23.4 Å². The summed E-state index contributed by atoms with van der Waals surface area (Å²) in [4.78, 5) is 41.2. The molecule has 2 aromatic rings. The minimum absolute atomic E-state index is 0.222. The van der Waals surface area contributed by atoms with Gasteiger partial charge in [0.2, 0.25) is 0 Å². The van der Waals surface area contributed by atoms with E-state index in [1.54, 1.807) is 20.0 Å². The molecular formula is C18H25N5O3. The highest BCUT2D eigenvalue weighted by Crippen LogP contribution is 2.14. The van der Waals surface area contributed by atoms with Crippen LogP contribution in [0.3, 0.4) is 0 Å². The average Bonchev–Trinajstić information content (AvgIpc) is 2.64. The van der Waals surface area contributed by atoms with E-state index in [2.05, 4.69) is 15.6 Å². The summed E-state index contributed by atoms with van der Waals surface area (Å²) in [7, 11) is 2.98. The molecule has 1 amide bonds. The van der Waals surface area contributed by atoms with Crippen LogP contribution in [0.25, 0.3) is 11.0 Å². The van der Waals surface area contributed by atoms with Crippen LogP contribution in [0.15, 0.2) is 15.7 Å². The van der Waals surface area contributed by atoms with Gasteiger partial charge in [-0.25, -0.2) is 9.78 Å². The van der Waals surface area contributed by atoms with Gasteiger partial charge in [0.1, 0.15) is 11.3 Å².